The summed E-state index contributed by atoms with van der Waals surface area (Å²) in [7, 11) is 0. The van der Waals surface area contributed by atoms with Crippen molar-refractivity contribution >= 4 is 5.96 Å². The van der Waals surface area contributed by atoms with Gasteiger partial charge in [-0.25, -0.2) is 0 Å². The molecule has 0 aliphatic heterocycles. The zero-order valence-corrected chi connectivity index (χ0v) is 7.21. The normalized spacial score (nSPS) is 8.42. The first kappa shape index (κ1) is 10.8. The molecule has 0 spiro atoms. The molecule has 0 saturated carbocycles. The van der Waals surface area contributed by atoms with Crippen molar-refractivity contribution in [3.8, 4) is 11.8 Å². The van der Waals surface area contributed by atoms with Crippen LogP contribution in [0.25, 0.3) is 0 Å². The Hall–Kier alpha value is -1.21. The first-order valence-corrected chi connectivity index (χ1v) is 3.98. The number of nitrogens with two attached hydrogens (primary N) is 3. The number of hydrogen-bond donors (Lipinski definition) is 3. The molecule has 68 valence electrons. The van der Waals surface area contributed by atoms with E-state index in [0.29, 0.717) is 13.1 Å². The maximum absolute atomic E-state index is 5.25. The van der Waals surface area contributed by atoms with Crippen molar-refractivity contribution in [2.45, 2.75) is 19.3 Å². The third kappa shape index (κ3) is 8.79. The highest BCUT2D eigenvalue weighted by molar-refractivity contribution is 5.75. The van der Waals surface area contributed by atoms with Crippen LogP contribution in [0.3, 0.4) is 0 Å². The molecule has 0 amide bonds. The number of rotatable bonds is 4. The summed E-state index contributed by atoms with van der Waals surface area (Å²) in [5.41, 5.74) is 15.5. The van der Waals surface area contributed by atoms with E-state index >= 15 is 0 Å². The second-order valence-electron chi connectivity index (χ2n) is 2.30. The first-order valence-electron chi connectivity index (χ1n) is 3.98. The number of unbranched alkanes of at least 4 members (excludes halogenated alkanes) is 1. The van der Waals surface area contributed by atoms with Crippen molar-refractivity contribution in [1.29, 1.82) is 0 Å². The Kier molecular flexibility index (Phi) is 7.10. The lowest BCUT2D eigenvalue weighted by Crippen LogP contribution is -2.22. The topological polar surface area (TPSA) is 90.4 Å². The van der Waals surface area contributed by atoms with E-state index in [2.05, 4.69) is 16.8 Å². The van der Waals surface area contributed by atoms with Gasteiger partial charge in [0, 0.05) is 25.9 Å². The van der Waals surface area contributed by atoms with Crippen molar-refractivity contribution in [3.05, 3.63) is 0 Å². The summed E-state index contributed by atoms with van der Waals surface area (Å²) in [6.07, 6.45) is 2.49. The molecule has 4 heteroatoms. The molecule has 6 N–H and O–H groups in total. The molecule has 0 aliphatic rings. The summed E-state index contributed by atoms with van der Waals surface area (Å²) in [4.78, 5) is 3.82. The van der Waals surface area contributed by atoms with E-state index in [1.807, 2.05) is 0 Å². The molecule has 12 heavy (non-hydrogen) atoms. The van der Waals surface area contributed by atoms with Crippen molar-refractivity contribution in [2.75, 3.05) is 13.1 Å². The van der Waals surface area contributed by atoms with Gasteiger partial charge in [-0.15, -0.1) is 11.8 Å². The Morgan fingerprint density at radius 1 is 1.17 bits per heavy atom. The average molecular weight is 168 g/mol. The molecule has 0 heterocycles. The Bertz CT molecular complexity index is 183. The lowest BCUT2D eigenvalue weighted by Gasteiger charge is -1.90. The summed E-state index contributed by atoms with van der Waals surface area (Å²) in [5.74, 6) is 6.06. The van der Waals surface area contributed by atoms with Crippen molar-refractivity contribution < 1.29 is 0 Å². The second-order valence-corrected chi connectivity index (χ2v) is 2.30. The third-order valence-electron chi connectivity index (χ3n) is 1.15. The van der Waals surface area contributed by atoms with Gasteiger partial charge in [0.05, 0.1) is 0 Å². The van der Waals surface area contributed by atoms with E-state index in [1.165, 1.54) is 0 Å². The van der Waals surface area contributed by atoms with Crippen LogP contribution in [-0.2, 0) is 0 Å². The highest BCUT2D eigenvalue weighted by Gasteiger charge is 1.82. The molecule has 0 radical (unpaired) electrons. The van der Waals surface area contributed by atoms with E-state index < -0.39 is 0 Å². The molecule has 0 atom stereocenters. The first-order chi connectivity index (χ1) is 5.77. The monoisotopic (exact) mass is 168 g/mol. The standard InChI is InChI=1S/C8H16N4/c9-6-4-2-1-3-5-7-12-8(10)11/h3-7,9H2,(H4,10,11,12). The van der Waals surface area contributed by atoms with E-state index in [1.54, 1.807) is 0 Å². The number of aliphatic imine (C=N–C) groups is 1. The Labute approximate surface area is 73.2 Å². The lowest BCUT2D eigenvalue weighted by molar-refractivity contribution is 0.866. The van der Waals surface area contributed by atoms with Gasteiger partial charge in [-0.1, -0.05) is 0 Å². The van der Waals surface area contributed by atoms with Gasteiger partial charge in [0.1, 0.15) is 0 Å². The summed E-state index contributed by atoms with van der Waals surface area (Å²) in [6.45, 7) is 1.28. The maximum Gasteiger partial charge on any atom is 0.185 e. The molecule has 0 saturated heterocycles. The fourth-order valence-corrected chi connectivity index (χ4v) is 0.625. The third-order valence-corrected chi connectivity index (χ3v) is 1.15. The van der Waals surface area contributed by atoms with Crippen molar-refractivity contribution in [1.82, 2.24) is 0 Å². The zero-order chi connectivity index (χ0) is 9.23. The highest BCUT2D eigenvalue weighted by atomic mass is 15.0. The van der Waals surface area contributed by atoms with Crippen LogP contribution in [0.1, 0.15) is 19.3 Å². The van der Waals surface area contributed by atoms with Gasteiger partial charge in [0.2, 0.25) is 0 Å². The fraction of sp³-hybridized carbons (Fsp3) is 0.625. The van der Waals surface area contributed by atoms with E-state index in [0.717, 1.165) is 19.3 Å². The minimum Gasteiger partial charge on any atom is -0.370 e. The van der Waals surface area contributed by atoms with Crippen LogP contribution >= 0.6 is 0 Å². The summed E-state index contributed by atoms with van der Waals surface area (Å²) >= 11 is 0. The summed E-state index contributed by atoms with van der Waals surface area (Å²) in [5, 5.41) is 0. The molecule has 0 fully saturated rings. The van der Waals surface area contributed by atoms with Gasteiger partial charge in [0.25, 0.3) is 0 Å². The predicted molar refractivity (Wildman–Crippen MR) is 51.4 cm³/mol. The van der Waals surface area contributed by atoms with Gasteiger partial charge in [0.15, 0.2) is 5.96 Å². The molecule has 0 aromatic rings. The second kappa shape index (κ2) is 7.89. The summed E-state index contributed by atoms with van der Waals surface area (Å²) in [6, 6.07) is 0. The molecule has 0 rings (SSSR count). The SMILES string of the molecule is NCCC#CCCCN=C(N)N. The van der Waals surface area contributed by atoms with Gasteiger partial charge in [-0.2, -0.15) is 0 Å². The molecule has 0 aromatic carbocycles. The smallest absolute Gasteiger partial charge is 0.185 e. The number of nitrogens with zero attached hydrogens (tertiary/aromatic N) is 1. The lowest BCUT2D eigenvalue weighted by atomic mass is 10.3. The largest absolute Gasteiger partial charge is 0.370 e. The zero-order valence-electron chi connectivity index (χ0n) is 7.21. The molecular weight excluding hydrogens is 152 g/mol. The number of guanidine groups is 1. The van der Waals surface area contributed by atoms with Gasteiger partial charge >= 0.3 is 0 Å². The van der Waals surface area contributed by atoms with Crippen LogP contribution < -0.4 is 17.2 Å². The van der Waals surface area contributed by atoms with Crippen LogP contribution in [0, 0.1) is 11.8 Å². The highest BCUT2D eigenvalue weighted by Crippen LogP contribution is 1.86. The molecule has 4 nitrogen and oxygen atoms in total. The Morgan fingerprint density at radius 2 is 1.83 bits per heavy atom. The number of hydrogen-bond acceptors (Lipinski definition) is 2. The molecular formula is C8H16N4. The van der Waals surface area contributed by atoms with Gasteiger partial charge in [-0.3, -0.25) is 4.99 Å². The van der Waals surface area contributed by atoms with Crippen LogP contribution in [0.4, 0.5) is 0 Å². The van der Waals surface area contributed by atoms with Gasteiger partial charge in [-0.05, 0) is 6.42 Å². The van der Waals surface area contributed by atoms with Crippen LogP contribution in [-0.4, -0.2) is 19.0 Å². The van der Waals surface area contributed by atoms with E-state index in [-0.39, 0.29) is 5.96 Å². The molecule has 0 bridgehead atoms. The average Bonchev–Trinajstić information content (AvgIpc) is 2.02. The Balaban J connectivity index is 3.23. The van der Waals surface area contributed by atoms with Crippen molar-refractivity contribution in [3.63, 3.8) is 0 Å². The Morgan fingerprint density at radius 3 is 2.42 bits per heavy atom. The summed E-state index contributed by atoms with van der Waals surface area (Å²) < 4.78 is 0. The molecule has 0 aliphatic carbocycles. The maximum atomic E-state index is 5.25. The minimum atomic E-state index is 0.143. The minimum absolute atomic E-state index is 0.143. The molecule has 0 unspecified atom stereocenters. The van der Waals surface area contributed by atoms with Crippen molar-refractivity contribution in [2.24, 2.45) is 22.2 Å². The van der Waals surface area contributed by atoms with Gasteiger partial charge < -0.3 is 17.2 Å². The van der Waals surface area contributed by atoms with E-state index in [9.17, 15) is 0 Å². The van der Waals surface area contributed by atoms with E-state index in [4.69, 9.17) is 17.2 Å². The van der Waals surface area contributed by atoms with Crippen LogP contribution in [0.15, 0.2) is 4.99 Å². The van der Waals surface area contributed by atoms with Crippen LogP contribution in [0.5, 0.6) is 0 Å². The quantitative estimate of drug-likeness (QED) is 0.226. The van der Waals surface area contributed by atoms with Crippen LogP contribution in [0.2, 0.25) is 0 Å². The molecule has 0 aromatic heterocycles. The predicted octanol–water partition coefficient (Wildman–Crippen LogP) is -0.608. The fourth-order valence-electron chi connectivity index (χ4n) is 0.625.